The van der Waals surface area contributed by atoms with Gasteiger partial charge in [0.25, 0.3) is 0 Å². The Hall–Kier alpha value is -0.450. The molecule has 1 heterocycles. The Bertz CT molecular complexity index is 445. The average molecular weight is 290 g/mol. The molecule has 1 aliphatic rings. The van der Waals surface area contributed by atoms with Crippen molar-refractivity contribution >= 4 is 22.4 Å². The van der Waals surface area contributed by atoms with Crippen molar-refractivity contribution in [2.24, 2.45) is 0 Å². The van der Waals surface area contributed by atoms with Crippen molar-refractivity contribution in [2.45, 2.75) is 31.8 Å². The van der Waals surface area contributed by atoms with Crippen molar-refractivity contribution < 1.29 is 8.60 Å². The molecule has 0 radical (unpaired) electrons. The van der Waals surface area contributed by atoms with Gasteiger partial charge < -0.3 is 5.32 Å². The molecule has 1 aromatic carbocycles. The van der Waals surface area contributed by atoms with Gasteiger partial charge in [0.2, 0.25) is 0 Å². The summed E-state index contributed by atoms with van der Waals surface area (Å²) >= 11 is 6.04. The van der Waals surface area contributed by atoms with Gasteiger partial charge in [-0.1, -0.05) is 17.7 Å². The number of nitrogens with one attached hydrogen (secondary N) is 1. The molecule has 0 aromatic heterocycles. The molecule has 2 rings (SSSR count). The van der Waals surface area contributed by atoms with Gasteiger partial charge in [0.15, 0.2) is 0 Å². The lowest BCUT2D eigenvalue weighted by molar-refractivity contribution is 0.427. The van der Waals surface area contributed by atoms with E-state index >= 15 is 0 Å². The van der Waals surface area contributed by atoms with E-state index in [1.165, 1.54) is 12.1 Å². The summed E-state index contributed by atoms with van der Waals surface area (Å²) in [6, 6.07) is 4.94. The van der Waals surface area contributed by atoms with Crippen molar-refractivity contribution in [1.29, 1.82) is 0 Å². The van der Waals surface area contributed by atoms with Crippen LogP contribution in [0, 0.1) is 5.82 Å². The zero-order valence-electron chi connectivity index (χ0n) is 10.3. The van der Waals surface area contributed by atoms with Gasteiger partial charge >= 0.3 is 0 Å². The molecule has 0 bridgehead atoms. The molecule has 1 fully saturated rings. The molecule has 1 saturated heterocycles. The highest BCUT2D eigenvalue weighted by molar-refractivity contribution is 7.85. The van der Waals surface area contributed by atoms with Crippen molar-refractivity contribution in [3.63, 3.8) is 0 Å². The number of hydrogen-bond acceptors (Lipinski definition) is 2. The first-order chi connectivity index (χ1) is 8.56. The fourth-order valence-corrected chi connectivity index (χ4v) is 3.89. The van der Waals surface area contributed by atoms with Crippen LogP contribution in [0.5, 0.6) is 0 Å². The first-order valence-corrected chi connectivity index (χ1v) is 7.99. The molecule has 1 unspecified atom stereocenters. The first kappa shape index (κ1) is 14.0. The summed E-state index contributed by atoms with van der Waals surface area (Å²) in [5, 5.41) is 3.93. The molecule has 1 atom stereocenters. The molecule has 2 nitrogen and oxygen atoms in total. The molecule has 100 valence electrons. The normalized spacial score (nSPS) is 25.9. The van der Waals surface area contributed by atoms with Gasteiger partial charge in [-0.2, -0.15) is 0 Å². The van der Waals surface area contributed by atoms with Gasteiger partial charge in [-0.3, -0.25) is 4.21 Å². The fourth-order valence-electron chi connectivity index (χ4n) is 2.26. The lowest BCUT2D eigenvalue weighted by Gasteiger charge is -2.27. The molecular formula is C13H17ClFNOS. The molecule has 0 spiro atoms. The minimum absolute atomic E-state index is 0.0784. The summed E-state index contributed by atoms with van der Waals surface area (Å²) in [4.78, 5) is 0. The van der Waals surface area contributed by atoms with Gasteiger partial charge in [-0.05, 0) is 37.5 Å². The predicted molar refractivity (Wildman–Crippen MR) is 73.9 cm³/mol. The van der Waals surface area contributed by atoms with Crippen molar-refractivity contribution in [1.82, 2.24) is 5.32 Å². The van der Waals surface area contributed by atoms with Gasteiger partial charge in [0.05, 0.1) is 0 Å². The maximum Gasteiger partial charge on any atom is 0.124 e. The Balaban J connectivity index is 1.98. The predicted octanol–water partition coefficient (Wildman–Crippen LogP) is 3.04. The summed E-state index contributed by atoms with van der Waals surface area (Å²) in [6.45, 7) is 2.02. The summed E-state index contributed by atoms with van der Waals surface area (Å²) in [5.74, 6) is 1.22. The van der Waals surface area contributed by atoms with Crippen LogP contribution in [0.2, 0.25) is 5.02 Å². The Morgan fingerprint density at radius 2 is 2.11 bits per heavy atom. The van der Waals surface area contributed by atoms with Crippen LogP contribution in [0.4, 0.5) is 4.39 Å². The number of benzene rings is 1. The second kappa shape index (κ2) is 6.13. The smallest absolute Gasteiger partial charge is 0.124 e. The van der Waals surface area contributed by atoms with Crippen LogP contribution < -0.4 is 5.32 Å². The van der Waals surface area contributed by atoms with Crippen LogP contribution in [-0.2, 0) is 10.8 Å². The largest absolute Gasteiger partial charge is 0.307 e. The number of rotatable bonds is 3. The number of halogens is 2. The molecule has 1 N–H and O–H groups in total. The molecule has 1 aromatic rings. The number of hydrogen-bond donors (Lipinski definition) is 1. The average Bonchev–Trinajstić information content (AvgIpc) is 2.32. The third kappa shape index (κ3) is 3.53. The highest BCUT2D eigenvalue weighted by Gasteiger charge is 2.20. The highest BCUT2D eigenvalue weighted by Crippen LogP contribution is 2.25. The molecule has 18 heavy (non-hydrogen) atoms. The summed E-state index contributed by atoms with van der Waals surface area (Å²) in [6.07, 6.45) is 1.85. The standard InChI is InChI=1S/C13H17ClFNOS/c1-9(12-3-2-10(15)8-13(12)14)16-11-4-6-18(17)7-5-11/h2-3,8-9,11,16H,4-7H2,1H3. The fraction of sp³-hybridized carbons (Fsp3) is 0.538. The van der Waals surface area contributed by atoms with E-state index in [0.717, 1.165) is 29.9 Å². The van der Waals surface area contributed by atoms with Gasteiger partial charge in [0, 0.05) is 39.4 Å². The monoisotopic (exact) mass is 289 g/mol. The van der Waals surface area contributed by atoms with Gasteiger partial charge in [0.1, 0.15) is 5.82 Å². The topological polar surface area (TPSA) is 29.1 Å². The Morgan fingerprint density at radius 1 is 1.44 bits per heavy atom. The SMILES string of the molecule is CC(NC1CCS(=O)CC1)c1ccc(F)cc1Cl. The van der Waals surface area contributed by atoms with Crippen LogP contribution in [0.15, 0.2) is 18.2 Å². The highest BCUT2D eigenvalue weighted by atomic mass is 35.5. The summed E-state index contributed by atoms with van der Waals surface area (Å²) < 4.78 is 24.3. The third-order valence-corrected chi connectivity index (χ3v) is 5.01. The summed E-state index contributed by atoms with van der Waals surface area (Å²) in [7, 11) is -0.643. The second-order valence-corrected chi connectivity index (χ2v) is 6.78. The summed E-state index contributed by atoms with van der Waals surface area (Å²) in [5.41, 5.74) is 0.907. The van der Waals surface area contributed by atoms with E-state index in [1.54, 1.807) is 6.07 Å². The van der Waals surface area contributed by atoms with Crippen LogP contribution in [0.3, 0.4) is 0 Å². The minimum Gasteiger partial charge on any atom is -0.307 e. The van der Waals surface area contributed by atoms with E-state index in [4.69, 9.17) is 11.6 Å². The second-order valence-electron chi connectivity index (χ2n) is 4.68. The van der Waals surface area contributed by atoms with E-state index < -0.39 is 10.8 Å². The van der Waals surface area contributed by atoms with E-state index in [2.05, 4.69) is 5.32 Å². The maximum absolute atomic E-state index is 13.0. The van der Waals surface area contributed by atoms with E-state index in [0.29, 0.717) is 11.1 Å². The van der Waals surface area contributed by atoms with Crippen LogP contribution in [0.1, 0.15) is 31.4 Å². The molecule has 0 amide bonds. The Labute approximate surface area is 114 Å². The molecule has 0 aliphatic carbocycles. The zero-order chi connectivity index (χ0) is 13.1. The third-order valence-electron chi connectivity index (χ3n) is 3.30. The van der Waals surface area contributed by atoms with Crippen LogP contribution in [0.25, 0.3) is 0 Å². The first-order valence-electron chi connectivity index (χ1n) is 6.12. The Morgan fingerprint density at radius 3 is 2.72 bits per heavy atom. The van der Waals surface area contributed by atoms with Crippen LogP contribution >= 0.6 is 11.6 Å². The molecule has 5 heteroatoms. The molecule has 1 aliphatic heterocycles. The van der Waals surface area contributed by atoms with Gasteiger partial charge in [-0.25, -0.2) is 4.39 Å². The molecule has 0 saturated carbocycles. The lowest BCUT2D eigenvalue weighted by Crippen LogP contribution is -2.37. The maximum atomic E-state index is 13.0. The lowest BCUT2D eigenvalue weighted by atomic mass is 10.1. The van der Waals surface area contributed by atoms with E-state index in [9.17, 15) is 8.60 Å². The van der Waals surface area contributed by atoms with Crippen molar-refractivity contribution in [3.05, 3.63) is 34.6 Å². The van der Waals surface area contributed by atoms with Gasteiger partial charge in [-0.15, -0.1) is 0 Å². The quantitative estimate of drug-likeness (QED) is 0.927. The Kier molecular flexibility index (Phi) is 4.76. The van der Waals surface area contributed by atoms with Crippen molar-refractivity contribution in [3.8, 4) is 0 Å². The zero-order valence-corrected chi connectivity index (χ0v) is 11.9. The van der Waals surface area contributed by atoms with E-state index in [1.807, 2.05) is 6.92 Å². The molecular weight excluding hydrogens is 273 g/mol. The van der Waals surface area contributed by atoms with E-state index in [-0.39, 0.29) is 11.9 Å². The minimum atomic E-state index is -0.643. The van der Waals surface area contributed by atoms with Crippen molar-refractivity contribution in [2.75, 3.05) is 11.5 Å². The van der Waals surface area contributed by atoms with Crippen LogP contribution in [-0.4, -0.2) is 21.8 Å².